The molecule has 110 valence electrons. The maximum Gasteiger partial charge on any atom is 0.0362 e. The van der Waals surface area contributed by atoms with Gasteiger partial charge in [0.15, 0.2) is 0 Å². The largest absolute Gasteiger partial charge is 0.382 e. The first-order valence-electron chi connectivity index (χ1n) is 7.41. The number of hydrogen-bond acceptors (Lipinski definition) is 2. The Morgan fingerprint density at radius 3 is 2.38 bits per heavy atom. The normalized spacial score (nSPS) is 20.7. The van der Waals surface area contributed by atoms with Gasteiger partial charge in [-0.15, -0.1) is 0 Å². The van der Waals surface area contributed by atoms with Gasteiger partial charge in [0.25, 0.3) is 0 Å². The van der Waals surface area contributed by atoms with Crippen LogP contribution in [0.25, 0.3) is 0 Å². The number of anilines is 2. The fourth-order valence-electron chi connectivity index (χ4n) is 2.86. The van der Waals surface area contributed by atoms with Gasteiger partial charge in [0.2, 0.25) is 0 Å². The van der Waals surface area contributed by atoms with Gasteiger partial charge in [-0.2, -0.15) is 0 Å². The van der Waals surface area contributed by atoms with E-state index in [0.717, 1.165) is 0 Å². The molecule has 1 N–H and O–H groups in total. The average molecular weight is 345 g/mol. The van der Waals surface area contributed by atoms with Crippen LogP contribution < -0.4 is 10.2 Å². The van der Waals surface area contributed by atoms with Crippen molar-refractivity contribution in [2.75, 3.05) is 24.3 Å². The van der Waals surface area contributed by atoms with Gasteiger partial charge in [-0.05, 0) is 60.7 Å². The lowest BCUT2D eigenvalue weighted by molar-refractivity contribution is 0.374. The van der Waals surface area contributed by atoms with Crippen LogP contribution in [0.1, 0.15) is 24.3 Å². The predicted molar refractivity (Wildman–Crippen MR) is 94.3 cm³/mol. The molecule has 1 aliphatic rings. The van der Waals surface area contributed by atoms with Crippen LogP contribution in [0.15, 0.2) is 53.0 Å². The molecule has 0 aliphatic heterocycles. The van der Waals surface area contributed by atoms with Crippen LogP contribution in [0.2, 0.25) is 0 Å². The molecule has 0 amide bonds. The van der Waals surface area contributed by atoms with Crippen molar-refractivity contribution in [1.29, 1.82) is 0 Å². The number of halogens is 1. The Morgan fingerprint density at radius 2 is 1.76 bits per heavy atom. The minimum atomic E-state index is 0.596. The summed E-state index contributed by atoms with van der Waals surface area (Å²) in [6.07, 6.45) is 2.43. The maximum atomic E-state index is 3.63. The summed E-state index contributed by atoms with van der Waals surface area (Å²) in [6, 6.07) is 17.9. The van der Waals surface area contributed by atoms with Crippen molar-refractivity contribution >= 4 is 27.3 Å². The Kier molecular flexibility index (Phi) is 4.20. The highest BCUT2D eigenvalue weighted by molar-refractivity contribution is 9.10. The van der Waals surface area contributed by atoms with Crippen LogP contribution in [0, 0.1) is 0 Å². The molecule has 0 aromatic heterocycles. The van der Waals surface area contributed by atoms with Gasteiger partial charge in [0.1, 0.15) is 0 Å². The van der Waals surface area contributed by atoms with Gasteiger partial charge in [0.05, 0.1) is 0 Å². The Hall–Kier alpha value is -1.48. The fourth-order valence-corrected chi connectivity index (χ4v) is 3.28. The fraction of sp³-hybridized carbons (Fsp3) is 0.333. The molecule has 1 saturated carbocycles. The van der Waals surface area contributed by atoms with Crippen LogP contribution in [-0.4, -0.2) is 20.1 Å². The van der Waals surface area contributed by atoms with Crippen molar-refractivity contribution in [3.05, 3.63) is 58.6 Å². The van der Waals surface area contributed by atoms with Gasteiger partial charge >= 0.3 is 0 Å². The third kappa shape index (κ3) is 3.41. The zero-order valence-corrected chi connectivity index (χ0v) is 14.1. The molecule has 1 fully saturated rings. The number of rotatable bonds is 4. The van der Waals surface area contributed by atoms with Gasteiger partial charge in [0, 0.05) is 36.0 Å². The summed E-state index contributed by atoms with van der Waals surface area (Å²) in [6.45, 7) is 0. The number of nitrogens with one attached hydrogen (secondary N) is 1. The maximum absolute atomic E-state index is 3.63. The molecule has 2 aromatic rings. The number of benzene rings is 2. The summed E-state index contributed by atoms with van der Waals surface area (Å²) < 4.78 is 1.18. The summed E-state index contributed by atoms with van der Waals surface area (Å²) in [4.78, 5) is 2.12. The summed E-state index contributed by atoms with van der Waals surface area (Å²) >= 11 is 3.55. The predicted octanol–water partition coefficient (Wildman–Crippen LogP) is 4.87. The lowest BCUT2D eigenvalue weighted by Crippen LogP contribution is -2.33. The van der Waals surface area contributed by atoms with E-state index >= 15 is 0 Å². The van der Waals surface area contributed by atoms with E-state index < -0.39 is 0 Å². The highest BCUT2D eigenvalue weighted by Crippen LogP contribution is 2.39. The van der Waals surface area contributed by atoms with Gasteiger partial charge < -0.3 is 10.2 Å². The monoisotopic (exact) mass is 344 g/mol. The summed E-state index contributed by atoms with van der Waals surface area (Å²) in [7, 11) is 4.13. The van der Waals surface area contributed by atoms with Crippen molar-refractivity contribution in [1.82, 2.24) is 0 Å². The summed E-state index contributed by atoms with van der Waals surface area (Å²) in [5.74, 6) is 0.695. The van der Waals surface area contributed by atoms with E-state index in [1.165, 1.54) is 34.3 Å². The molecule has 0 unspecified atom stereocenters. The molecular formula is C18H21BrN2. The lowest BCUT2D eigenvalue weighted by atomic mass is 9.76. The third-order valence-electron chi connectivity index (χ3n) is 4.21. The Morgan fingerprint density at radius 1 is 1.05 bits per heavy atom. The van der Waals surface area contributed by atoms with E-state index in [-0.39, 0.29) is 0 Å². The van der Waals surface area contributed by atoms with E-state index in [4.69, 9.17) is 0 Å². The minimum absolute atomic E-state index is 0.596. The molecule has 3 heteroatoms. The molecule has 0 bridgehead atoms. The van der Waals surface area contributed by atoms with Gasteiger partial charge in [-0.1, -0.05) is 28.1 Å². The van der Waals surface area contributed by atoms with E-state index in [0.29, 0.717) is 12.0 Å². The van der Waals surface area contributed by atoms with E-state index in [9.17, 15) is 0 Å². The SMILES string of the molecule is CN(C)c1ccc(NC2CC(c3cccc(Br)c3)C2)cc1. The Bertz CT molecular complexity index is 601. The molecule has 0 spiro atoms. The molecule has 21 heavy (non-hydrogen) atoms. The average Bonchev–Trinajstić information content (AvgIpc) is 2.43. The zero-order valence-electron chi connectivity index (χ0n) is 12.5. The smallest absolute Gasteiger partial charge is 0.0362 e. The van der Waals surface area contributed by atoms with Crippen LogP contribution in [0.5, 0.6) is 0 Å². The molecule has 1 aliphatic carbocycles. The first-order chi connectivity index (χ1) is 10.1. The Labute approximate surface area is 135 Å². The second kappa shape index (κ2) is 6.10. The van der Waals surface area contributed by atoms with Crippen molar-refractivity contribution in [3.63, 3.8) is 0 Å². The standard InChI is InChI=1S/C18H21BrN2/c1-21(2)18-8-6-16(7-9-18)20-17-11-14(12-17)13-4-3-5-15(19)10-13/h3-10,14,17,20H,11-12H2,1-2H3. The van der Waals surface area contributed by atoms with Crippen LogP contribution in [-0.2, 0) is 0 Å². The van der Waals surface area contributed by atoms with Crippen molar-refractivity contribution in [2.45, 2.75) is 24.8 Å². The minimum Gasteiger partial charge on any atom is -0.382 e. The molecule has 0 saturated heterocycles. The highest BCUT2D eigenvalue weighted by Gasteiger charge is 2.30. The van der Waals surface area contributed by atoms with Gasteiger partial charge in [-0.3, -0.25) is 0 Å². The van der Waals surface area contributed by atoms with Crippen molar-refractivity contribution < 1.29 is 0 Å². The number of nitrogens with zero attached hydrogens (tertiary/aromatic N) is 1. The molecule has 0 atom stereocenters. The van der Waals surface area contributed by atoms with Gasteiger partial charge in [-0.25, -0.2) is 0 Å². The topological polar surface area (TPSA) is 15.3 Å². The molecule has 3 rings (SSSR count). The van der Waals surface area contributed by atoms with Crippen molar-refractivity contribution in [2.24, 2.45) is 0 Å². The molecule has 2 aromatic carbocycles. The van der Waals surface area contributed by atoms with Crippen LogP contribution in [0.3, 0.4) is 0 Å². The zero-order chi connectivity index (χ0) is 14.8. The molecule has 0 radical (unpaired) electrons. The first kappa shape index (κ1) is 14.5. The third-order valence-corrected chi connectivity index (χ3v) is 4.71. The van der Waals surface area contributed by atoms with Crippen molar-refractivity contribution in [3.8, 4) is 0 Å². The summed E-state index contributed by atoms with van der Waals surface area (Å²) in [5, 5.41) is 3.63. The second-order valence-corrected chi connectivity index (χ2v) is 6.92. The summed E-state index contributed by atoms with van der Waals surface area (Å²) in [5.41, 5.74) is 3.91. The van der Waals surface area contributed by atoms with Crippen LogP contribution >= 0.6 is 15.9 Å². The lowest BCUT2D eigenvalue weighted by Gasteiger charge is -2.37. The molecule has 2 nitrogen and oxygen atoms in total. The highest BCUT2D eigenvalue weighted by atomic mass is 79.9. The first-order valence-corrected chi connectivity index (χ1v) is 8.20. The number of hydrogen-bond donors (Lipinski definition) is 1. The van der Waals surface area contributed by atoms with Crippen LogP contribution in [0.4, 0.5) is 11.4 Å². The van der Waals surface area contributed by atoms with E-state index in [1.54, 1.807) is 0 Å². The Balaban J connectivity index is 1.55. The second-order valence-electron chi connectivity index (χ2n) is 6.01. The quantitative estimate of drug-likeness (QED) is 0.850. The van der Waals surface area contributed by atoms with E-state index in [1.807, 2.05) is 0 Å². The molecular weight excluding hydrogens is 324 g/mol. The molecule has 0 heterocycles. The van der Waals surface area contributed by atoms with E-state index in [2.05, 4.69) is 88.8 Å².